The molecule has 2 saturated carbocycles. The predicted octanol–water partition coefficient (Wildman–Crippen LogP) is 3.17. The Labute approximate surface area is 199 Å². The number of aryl methyl sites for hydroxylation is 1. The van der Waals surface area contributed by atoms with Crippen molar-refractivity contribution in [3.8, 4) is 0 Å². The summed E-state index contributed by atoms with van der Waals surface area (Å²) >= 11 is 0. The van der Waals surface area contributed by atoms with Gasteiger partial charge in [-0.25, -0.2) is 23.7 Å². The van der Waals surface area contributed by atoms with E-state index < -0.39 is 23.5 Å². The van der Waals surface area contributed by atoms with Gasteiger partial charge in [-0.15, -0.1) is 0 Å². The fourth-order valence-corrected chi connectivity index (χ4v) is 6.05. The number of nitrogen functional groups attached to an aromatic ring is 2. The third-order valence-corrected chi connectivity index (χ3v) is 7.98. The van der Waals surface area contributed by atoms with Gasteiger partial charge in [-0.05, 0) is 48.9 Å². The summed E-state index contributed by atoms with van der Waals surface area (Å²) in [4.78, 5) is 12.6. The number of benzene rings is 1. The van der Waals surface area contributed by atoms with Crippen LogP contribution in [-0.2, 0) is 12.3 Å². The Morgan fingerprint density at radius 3 is 2.71 bits per heavy atom. The first-order valence-corrected chi connectivity index (χ1v) is 11.6. The van der Waals surface area contributed by atoms with Gasteiger partial charge in [0.15, 0.2) is 0 Å². The Bertz CT molecular complexity index is 1470. The van der Waals surface area contributed by atoms with E-state index in [2.05, 4.69) is 15.0 Å². The molecule has 0 amide bonds. The smallest absolute Gasteiger partial charge is 0.274 e. The second kappa shape index (κ2) is 7.32. The number of hydrogen-bond acceptors (Lipinski definition) is 7. The Kier molecular flexibility index (Phi) is 4.62. The van der Waals surface area contributed by atoms with Crippen molar-refractivity contribution in [1.82, 2.24) is 19.5 Å². The number of nitrogens with two attached hydrogens (primary N) is 2. The van der Waals surface area contributed by atoms with Crippen molar-refractivity contribution in [3.05, 3.63) is 54.0 Å². The van der Waals surface area contributed by atoms with E-state index in [1.165, 1.54) is 12.4 Å². The van der Waals surface area contributed by atoms with Crippen molar-refractivity contribution < 1.29 is 19.0 Å². The Hall–Kier alpha value is -3.37. The molecule has 3 aromatic heterocycles. The molecule has 4 aromatic rings. The molecule has 182 valence electrons. The maximum absolute atomic E-state index is 13.8. The zero-order valence-corrected chi connectivity index (χ0v) is 19.1. The molecule has 0 spiro atoms. The van der Waals surface area contributed by atoms with E-state index in [-0.39, 0.29) is 23.3 Å². The summed E-state index contributed by atoms with van der Waals surface area (Å²) in [5.74, 6) is -2.77. The van der Waals surface area contributed by atoms with Gasteiger partial charge < -0.3 is 26.2 Å². The average molecular weight is 481 g/mol. The molecular formula is C25H26F2N6O2. The highest BCUT2D eigenvalue weighted by atomic mass is 19.3. The molecule has 5 atom stereocenters. The number of alkyl halides is 2. The van der Waals surface area contributed by atoms with Crippen molar-refractivity contribution in [2.75, 3.05) is 11.5 Å². The van der Waals surface area contributed by atoms with Crippen molar-refractivity contribution in [2.45, 2.75) is 50.4 Å². The van der Waals surface area contributed by atoms with Crippen LogP contribution >= 0.6 is 0 Å². The van der Waals surface area contributed by atoms with Crippen LogP contribution in [0.1, 0.15) is 36.9 Å². The lowest BCUT2D eigenvalue weighted by molar-refractivity contribution is -0.0191. The quantitative estimate of drug-likeness (QED) is 0.344. The second-order valence-electron chi connectivity index (χ2n) is 10.0. The fourth-order valence-electron chi connectivity index (χ4n) is 6.05. The normalized spacial score (nSPS) is 28.0. The number of aliphatic hydroxyl groups excluding tert-OH is 2. The lowest BCUT2D eigenvalue weighted by Crippen LogP contribution is -2.34. The molecule has 0 saturated heterocycles. The Balaban J connectivity index is 1.25. The average Bonchev–Trinajstić information content (AvgIpc) is 3.30. The van der Waals surface area contributed by atoms with Crippen LogP contribution < -0.4 is 11.5 Å². The van der Waals surface area contributed by atoms with E-state index in [1.54, 1.807) is 6.07 Å². The number of rotatable bonds is 5. The van der Waals surface area contributed by atoms with Crippen LogP contribution in [-0.4, -0.2) is 41.9 Å². The molecule has 2 fully saturated rings. The number of anilines is 2. The van der Waals surface area contributed by atoms with E-state index in [0.717, 1.165) is 24.3 Å². The molecule has 0 radical (unpaired) electrons. The molecule has 0 aliphatic heterocycles. The first kappa shape index (κ1) is 22.1. The molecule has 10 heteroatoms. The topological polar surface area (TPSA) is 136 Å². The summed E-state index contributed by atoms with van der Waals surface area (Å²) in [6.07, 6.45) is 3.58. The molecule has 35 heavy (non-hydrogen) atoms. The lowest BCUT2D eigenvalue weighted by Gasteiger charge is -2.24. The van der Waals surface area contributed by atoms with E-state index in [1.807, 2.05) is 29.0 Å². The van der Waals surface area contributed by atoms with E-state index >= 15 is 0 Å². The molecule has 1 aromatic carbocycles. The van der Waals surface area contributed by atoms with Crippen LogP contribution in [0.25, 0.3) is 21.9 Å². The summed E-state index contributed by atoms with van der Waals surface area (Å²) < 4.78 is 29.5. The summed E-state index contributed by atoms with van der Waals surface area (Å²) in [6.45, 7) is 0.805. The van der Waals surface area contributed by atoms with Crippen LogP contribution in [0.5, 0.6) is 0 Å². The van der Waals surface area contributed by atoms with Gasteiger partial charge in [-0.3, -0.25) is 0 Å². The summed E-state index contributed by atoms with van der Waals surface area (Å²) in [5, 5.41) is 23.3. The molecular weight excluding hydrogens is 454 g/mol. The minimum Gasteiger partial charge on any atom is -0.390 e. The van der Waals surface area contributed by atoms with Gasteiger partial charge in [-0.2, -0.15) is 0 Å². The fraction of sp³-hybridized carbons (Fsp3) is 0.400. The van der Waals surface area contributed by atoms with Crippen LogP contribution in [0.15, 0.2) is 42.9 Å². The molecule has 6 rings (SSSR count). The SMILES string of the molecule is CC(F)(F)c1cc2ccc(CC[C@]34C[C@@H]3[C@@H](n3ccc5c(N)ncnc53)[C@H](O)[C@@H]4O)cc2nc1N. The van der Waals surface area contributed by atoms with Gasteiger partial charge >= 0.3 is 0 Å². The summed E-state index contributed by atoms with van der Waals surface area (Å²) in [7, 11) is 0. The summed E-state index contributed by atoms with van der Waals surface area (Å²) in [6, 6.07) is 8.43. The molecule has 3 heterocycles. The third-order valence-electron chi connectivity index (χ3n) is 7.98. The van der Waals surface area contributed by atoms with Gasteiger partial charge in [0.1, 0.15) is 29.7 Å². The number of pyridine rings is 1. The van der Waals surface area contributed by atoms with Gasteiger partial charge in [0.25, 0.3) is 5.92 Å². The number of halogens is 2. The number of aliphatic hydroxyl groups is 2. The molecule has 0 bridgehead atoms. The van der Waals surface area contributed by atoms with Crippen LogP contribution in [0.3, 0.4) is 0 Å². The maximum Gasteiger partial charge on any atom is 0.274 e. The zero-order chi connectivity index (χ0) is 24.7. The molecule has 0 unspecified atom stereocenters. The van der Waals surface area contributed by atoms with Crippen molar-refractivity contribution in [3.63, 3.8) is 0 Å². The Morgan fingerprint density at radius 2 is 1.94 bits per heavy atom. The molecule has 8 nitrogen and oxygen atoms in total. The van der Waals surface area contributed by atoms with E-state index in [4.69, 9.17) is 11.5 Å². The highest BCUT2D eigenvalue weighted by Gasteiger charge is 2.70. The first-order chi connectivity index (χ1) is 16.6. The van der Waals surface area contributed by atoms with E-state index in [0.29, 0.717) is 35.2 Å². The van der Waals surface area contributed by atoms with Crippen LogP contribution in [0.4, 0.5) is 20.4 Å². The lowest BCUT2D eigenvalue weighted by atomic mass is 9.91. The minimum absolute atomic E-state index is 0.0999. The third kappa shape index (κ3) is 3.27. The van der Waals surface area contributed by atoms with Gasteiger partial charge in [0.05, 0.1) is 28.6 Å². The van der Waals surface area contributed by atoms with Gasteiger partial charge in [-0.1, -0.05) is 12.1 Å². The number of nitrogens with zero attached hydrogens (tertiary/aromatic N) is 4. The standard InChI is InChI=1S/C25H26F2N6O2/c1-24(26,27)15-9-13-3-2-12(8-17(13)32-22(15)29)4-6-25-10-16(25)18(19(34)20(25)35)33-7-5-14-21(28)30-11-31-23(14)33/h2-3,5,7-9,11,16,18-20,34-35H,4,6,10H2,1H3,(H2,29,32)(H2,28,30,31)/t16-,18-,19+,20+,25+/m1/s1. The van der Waals surface area contributed by atoms with Gasteiger partial charge in [0.2, 0.25) is 0 Å². The minimum atomic E-state index is -3.07. The molecule has 6 N–H and O–H groups in total. The van der Waals surface area contributed by atoms with Crippen LogP contribution in [0.2, 0.25) is 0 Å². The largest absolute Gasteiger partial charge is 0.390 e. The maximum atomic E-state index is 13.8. The van der Waals surface area contributed by atoms with Crippen molar-refractivity contribution >= 4 is 33.6 Å². The summed E-state index contributed by atoms with van der Waals surface area (Å²) in [5.41, 5.74) is 13.3. The highest BCUT2D eigenvalue weighted by Crippen LogP contribution is 2.69. The van der Waals surface area contributed by atoms with Crippen molar-refractivity contribution in [1.29, 1.82) is 0 Å². The first-order valence-electron chi connectivity index (χ1n) is 11.6. The second-order valence-corrected chi connectivity index (χ2v) is 10.0. The van der Waals surface area contributed by atoms with E-state index in [9.17, 15) is 19.0 Å². The monoisotopic (exact) mass is 480 g/mol. The number of aromatic nitrogens is 4. The van der Waals surface area contributed by atoms with Gasteiger partial charge in [0, 0.05) is 23.9 Å². The molecule has 2 aliphatic rings. The Morgan fingerprint density at radius 1 is 1.14 bits per heavy atom. The number of fused-ring (bicyclic) bond motifs is 3. The highest BCUT2D eigenvalue weighted by molar-refractivity contribution is 5.86. The molecule has 2 aliphatic carbocycles. The number of hydrogen-bond donors (Lipinski definition) is 4. The predicted molar refractivity (Wildman–Crippen MR) is 128 cm³/mol. The van der Waals surface area contributed by atoms with Crippen LogP contribution in [0, 0.1) is 11.3 Å². The van der Waals surface area contributed by atoms with Crippen molar-refractivity contribution in [2.24, 2.45) is 11.3 Å². The zero-order valence-electron chi connectivity index (χ0n) is 19.1.